The Bertz CT molecular complexity index is 615. The Morgan fingerprint density at radius 3 is 2.40 bits per heavy atom. The van der Waals surface area contributed by atoms with E-state index in [1.807, 2.05) is 0 Å². The van der Waals surface area contributed by atoms with E-state index < -0.39 is 11.9 Å². The first-order valence-corrected chi connectivity index (χ1v) is 6.55. The first-order chi connectivity index (χ1) is 9.60. The maximum atomic E-state index is 11.3. The summed E-state index contributed by atoms with van der Waals surface area (Å²) in [7, 11) is 1.32. The van der Waals surface area contributed by atoms with Crippen molar-refractivity contribution >= 4 is 23.3 Å². The quantitative estimate of drug-likeness (QED) is 0.858. The highest BCUT2D eigenvalue weighted by atomic mass is 32.1. The third-order valence-electron chi connectivity index (χ3n) is 2.53. The van der Waals surface area contributed by atoms with Crippen LogP contribution in [0.2, 0.25) is 0 Å². The van der Waals surface area contributed by atoms with Gasteiger partial charge in [0.15, 0.2) is 0 Å². The molecule has 1 heterocycles. The predicted molar refractivity (Wildman–Crippen MR) is 73.4 cm³/mol. The maximum Gasteiger partial charge on any atom is 0.345 e. The highest BCUT2D eigenvalue weighted by Crippen LogP contribution is 2.20. The van der Waals surface area contributed by atoms with Gasteiger partial charge >= 0.3 is 11.9 Å². The van der Waals surface area contributed by atoms with Crippen molar-refractivity contribution in [2.24, 2.45) is 0 Å². The zero-order chi connectivity index (χ0) is 14.5. The smallest absolute Gasteiger partial charge is 0.345 e. The van der Waals surface area contributed by atoms with Crippen LogP contribution in [-0.4, -0.2) is 24.2 Å². The second-order valence-corrected chi connectivity index (χ2v) is 5.04. The van der Waals surface area contributed by atoms with Gasteiger partial charge in [-0.1, -0.05) is 0 Å². The molecular formula is C14H12O5S. The summed E-state index contributed by atoms with van der Waals surface area (Å²) < 4.78 is 10.1. The Hall–Kier alpha value is -2.34. The van der Waals surface area contributed by atoms with Crippen LogP contribution in [-0.2, 0) is 11.3 Å². The van der Waals surface area contributed by atoms with Crippen molar-refractivity contribution in [1.29, 1.82) is 0 Å². The molecule has 1 aromatic heterocycles. The van der Waals surface area contributed by atoms with E-state index in [0.29, 0.717) is 11.3 Å². The summed E-state index contributed by atoms with van der Waals surface area (Å²) in [6.07, 6.45) is 0. The summed E-state index contributed by atoms with van der Waals surface area (Å²) >= 11 is 1.17. The lowest BCUT2D eigenvalue weighted by Gasteiger charge is -2.05. The van der Waals surface area contributed by atoms with Gasteiger partial charge in [0.25, 0.3) is 0 Å². The average molecular weight is 292 g/mol. The molecule has 0 amide bonds. The molecule has 1 aromatic carbocycles. The van der Waals surface area contributed by atoms with Gasteiger partial charge in [-0.05, 0) is 36.4 Å². The molecule has 2 aromatic rings. The zero-order valence-corrected chi connectivity index (χ0v) is 11.5. The topological polar surface area (TPSA) is 72.8 Å². The van der Waals surface area contributed by atoms with E-state index in [1.54, 1.807) is 36.4 Å². The fraction of sp³-hybridized carbons (Fsp3) is 0.143. The number of carboxylic acids is 1. The molecule has 0 fully saturated rings. The molecule has 0 aliphatic rings. The Morgan fingerprint density at radius 2 is 1.85 bits per heavy atom. The number of carbonyl (C=O) groups excluding carboxylic acids is 1. The van der Waals surface area contributed by atoms with Crippen molar-refractivity contribution in [1.82, 2.24) is 0 Å². The van der Waals surface area contributed by atoms with Crippen molar-refractivity contribution in [2.45, 2.75) is 6.61 Å². The van der Waals surface area contributed by atoms with Crippen LogP contribution in [0.5, 0.6) is 5.75 Å². The molecule has 0 saturated carbocycles. The maximum absolute atomic E-state index is 11.3. The summed E-state index contributed by atoms with van der Waals surface area (Å²) in [6, 6.07) is 9.81. The van der Waals surface area contributed by atoms with Crippen molar-refractivity contribution in [3.8, 4) is 5.75 Å². The first-order valence-electron chi connectivity index (χ1n) is 5.73. The normalized spacial score (nSPS) is 10.1. The van der Waals surface area contributed by atoms with Crippen LogP contribution in [0.25, 0.3) is 0 Å². The predicted octanol–water partition coefficient (Wildman–Crippen LogP) is 2.81. The highest BCUT2D eigenvalue weighted by molar-refractivity contribution is 7.13. The number of carboxylic acid groups (broad SMARTS) is 1. The second kappa shape index (κ2) is 6.21. The van der Waals surface area contributed by atoms with Crippen LogP contribution in [0.1, 0.15) is 24.9 Å². The minimum absolute atomic E-state index is 0.282. The van der Waals surface area contributed by atoms with Crippen molar-refractivity contribution < 1.29 is 24.2 Å². The van der Waals surface area contributed by atoms with Crippen LogP contribution in [0, 0.1) is 0 Å². The van der Waals surface area contributed by atoms with Gasteiger partial charge in [-0.3, -0.25) is 0 Å². The van der Waals surface area contributed by atoms with Gasteiger partial charge in [0.05, 0.1) is 12.7 Å². The van der Waals surface area contributed by atoms with E-state index in [9.17, 15) is 9.59 Å². The Morgan fingerprint density at radius 1 is 1.15 bits per heavy atom. The van der Waals surface area contributed by atoms with Crippen molar-refractivity contribution in [3.05, 3.63) is 51.7 Å². The monoisotopic (exact) mass is 292 g/mol. The van der Waals surface area contributed by atoms with Crippen LogP contribution < -0.4 is 4.74 Å². The first kappa shape index (κ1) is 14.1. The van der Waals surface area contributed by atoms with Gasteiger partial charge in [-0.15, -0.1) is 11.3 Å². The van der Waals surface area contributed by atoms with Gasteiger partial charge < -0.3 is 14.6 Å². The van der Waals surface area contributed by atoms with Crippen LogP contribution in [0.4, 0.5) is 0 Å². The average Bonchev–Trinajstić information content (AvgIpc) is 2.94. The van der Waals surface area contributed by atoms with Crippen LogP contribution in [0.3, 0.4) is 0 Å². The van der Waals surface area contributed by atoms with Crippen molar-refractivity contribution in [2.75, 3.05) is 7.11 Å². The number of rotatable bonds is 5. The molecule has 20 heavy (non-hydrogen) atoms. The van der Waals surface area contributed by atoms with E-state index in [-0.39, 0.29) is 11.5 Å². The summed E-state index contributed by atoms with van der Waals surface area (Å²) in [6.45, 7) is 0.287. The molecule has 0 aliphatic heterocycles. The Labute approximate surface area is 119 Å². The lowest BCUT2D eigenvalue weighted by atomic mass is 10.2. The number of aromatic carboxylic acids is 1. The summed E-state index contributed by atoms with van der Waals surface area (Å²) in [5, 5.41) is 8.82. The number of esters is 1. The minimum Gasteiger partial charge on any atom is -0.488 e. The highest BCUT2D eigenvalue weighted by Gasteiger charge is 2.08. The Kier molecular flexibility index (Phi) is 4.37. The molecule has 1 N–H and O–H groups in total. The number of carbonyl (C=O) groups is 2. The molecule has 104 valence electrons. The molecule has 6 heteroatoms. The third kappa shape index (κ3) is 3.36. The zero-order valence-electron chi connectivity index (χ0n) is 10.7. The molecule has 5 nitrogen and oxygen atoms in total. The summed E-state index contributed by atoms with van der Waals surface area (Å²) in [5.74, 6) is -0.743. The molecule has 0 spiro atoms. The van der Waals surface area contributed by atoms with Gasteiger partial charge in [-0.2, -0.15) is 0 Å². The fourth-order valence-corrected chi connectivity index (χ4v) is 2.29. The van der Waals surface area contributed by atoms with Crippen LogP contribution in [0.15, 0.2) is 36.4 Å². The molecule has 0 aliphatic carbocycles. The number of methoxy groups -OCH3 is 1. The van der Waals surface area contributed by atoms with Gasteiger partial charge in [0, 0.05) is 4.88 Å². The molecule has 2 rings (SSSR count). The standard InChI is InChI=1S/C14H12O5S/c1-18-14(17)9-2-4-10(5-3-9)19-8-11-6-7-12(20-11)13(15)16/h2-7H,8H2,1H3,(H,15,16). The fourth-order valence-electron chi connectivity index (χ4n) is 1.53. The summed E-state index contributed by atoms with van der Waals surface area (Å²) in [4.78, 5) is 23.1. The lowest BCUT2D eigenvalue weighted by Crippen LogP contribution is -2.01. The molecular weight excluding hydrogens is 280 g/mol. The Balaban J connectivity index is 1.96. The van der Waals surface area contributed by atoms with E-state index in [1.165, 1.54) is 18.4 Å². The van der Waals surface area contributed by atoms with Crippen molar-refractivity contribution in [3.63, 3.8) is 0 Å². The number of hydrogen-bond acceptors (Lipinski definition) is 5. The van der Waals surface area contributed by atoms with E-state index >= 15 is 0 Å². The molecule has 0 saturated heterocycles. The number of ether oxygens (including phenoxy) is 2. The van der Waals surface area contributed by atoms with E-state index in [2.05, 4.69) is 4.74 Å². The SMILES string of the molecule is COC(=O)c1ccc(OCc2ccc(C(=O)O)s2)cc1. The second-order valence-electron chi connectivity index (χ2n) is 3.88. The summed E-state index contributed by atoms with van der Waals surface area (Å²) in [5.41, 5.74) is 0.448. The number of hydrogen-bond donors (Lipinski definition) is 1. The van der Waals surface area contributed by atoms with E-state index in [4.69, 9.17) is 9.84 Å². The van der Waals surface area contributed by atoms with Crippen LogP contribution >= 0.6 is 11.3 Å². The molecule has 0 radical (unpaired) electrons. The third-order valence-corrected chi connectivity index (χ3v) is 3.58. The molecule has 0 unspecified atom stereocenters. The lowest BCUT2D eigenvalue weighted by molar-refractivity contribution is 0.0599. The van der Waals surface area contributed by atoms with E-state index in [0.717, 1.165) is 4.88 Å². The van der Waals surface area contributed by atoms with Gasteiger partial charge in [-0.25, -0.2) is 9.59 Å². The molecule has 0 bridgehead atoms. The number of benzene rings is 1. The van der Waals surface area contributed by atoms with Gasteiger partial charge in [0.1, 0.15) is 17.2 Å². The largest absolute Gasteiger partial charge is 0.488 e. The van der Waals surface area contributed by atoms with Gasteiger partial charge in [0.2, 0.25) is 0 Å². The minimum atomic E-state index is -0.941. The molecule has 0 atom stereocenters. The number of thiophene rings is 1.